The van der Waals surface area contributed by atoms with Gasteiger partial charge >= 0.3 is 0 Å². The third kappa shape index (κ3) is 1.97. The molecule has 0 aliphatic carbocycles. The first-order valence-corrected chi connectivity index (χ1v) is 7.18. The van der Waals surface area contributed by atoms with Gasteiger partial charge < -0.3 is 10.1 Å². The van der Waals surface area contributed by atoms with E-state index in [4.69, 9.17) is 4.74 Å². The Morgan fingerprint density at radius 3 is 3.06 bits per heavy atom. The largest absolute Gasteiger partial charge is 0.375 e. The van der Waals surface area contributed by atoms with Crippen LogP contribution in [0.2, 0.25) is 0 Å². The molecule has 0 saturated carbocycles. The minimum absolute atomic E-state index is 0.384. The number of rotatable bonds is 5. The summed E-state index contributed by atoms with van der Waals surface area (Å²) in [6, 6.07) is 2.54. The molecule has 3 rings (SSSR count). The predicted octanol–water partition coefficient (Wildman–Crippen LogP) is 2.12. The molecule has 4 atom stereocenters. The Balaban J connectivity index is 1.81. The Morgan fingerprint density at radius 1 is 1.56 bits per heavy atom. The highest BCUT2D eigenvalue weighted by Gasteiger charge is 2.45. The topological polar surface area (TPSA) is 39.1 Å². The van der Waals surface area contributed by atoms with Crippen LogP contribution in [0.3, 0.4) is 0 Å². The normalized spacial score (nSPS) is 32.0. The van der Waals surface area contributed by atoms with Gasteiger partial charge in [-0.2, -0.15) is 5.10 Å². The molecule has 2 fully saturated rings. The monoisotopic (exact) mass is 249 g/mol. The van der Waals surface area contributed by atoms with E-state index in [0.29, 0.717) is 24.2 Å². The summed E-state index contributed by atoms with van der Waals surface area (Å²) in [5, 5.41) is 7.93. The molecule has 2 aliphatic rings. The molecule has 4 heteroatoms. The zero-order valence-electron chi connectivity index (χ0n) is 11.3. The van der Waals surface area contributed by atoms with Crippen molar-refractivity contribution in [1.29, 1.82) is 0 Å². The summed E-state index contributed by atoms with van der Waals surface area (Å²) >= 11 is 0. The van der Waals surface area contributed by atoms with Gasteiger partial charge in [-0.15, -0.1) is 0 Å². The molecule has 2 aliphatic heterocycles. The average molecular weight is 249 g/mol. The van der Waals surface area contributed by atoms with Crippen molar-refractivity contribution in [3.05, 3.63) is 18.0 Å². The second-order valence-electron chi connectivity index (χ2n) is 5.52. The summed E-state index contributed by atoms with van der Waals surface area (Å²) in [7, 11) is 2.06. The van der Waals surface area contributed by atoms with E-state index in [2.05, 4.69) is 35.1 Å². The van der Waals surface area contributed by atoms with Crippen molar-refractivity contribution in [1.82, 2.24) is 15.1 Å². The van der Waals surface area contributed by atoms with Crippen LogP contribution in [0.25, 0.3) is 0 Å². The molecule has 3 heterocycles. The number of nitrogens with one attached hydrogen (secondary N) is 1. The third-order valence-corrected chi connectivity index (χ3v) is 4.40. The van der Waals surface area contributed by atoms with Crippen LogP contribution in [0.4, 0.5) is 0 Å². The molecule has 0 amide bonds. The van der Waals surface area contributed by atoms with Crippen LogP contribution in [0.5, 0.6) is 0 Å². The molecule has 18 heavy (non-hydrogen) atoms. The molecule has 4 unspecified atom stereocenters. The molecule has 2 saturated heterocycles. The van der Waals surface area contributed by atoms with Crippen molar-refractivity contribution in [3.63, 3.8) is 0 Å². The Hall–Kier alpha value is -0.870. The van der Waals surface area contributed by atoms with Crippen LogP contribution in [0.1, 0.15) is 44.3 Å². The highest BCUT2D eigenvalue weighted by Crippen LogP contribution is 2.44. The lowest BCUT2D eigenvalue weighted by atomic mass is 9.82. The smallest absolute Gasteiger partial charge is 0.0627 e. The van der Waals surface area contributed by atoms with Gasteiger partial charge in [-0.05, 0) is 38.8 Å². The summed E-state index contributed by atoms with van der Waals surface area (Å²) in [5.41, 5.74) is 1.32. The molecule has 1 aromatic heterocycles. The quantitative estimate of drug-likeness (QED) is 0.869. The first-order chi connectivity index (χ1) is 8.83. The minimum atomic E-state index is 0.384. The number of hydrogen-bond donors (Lipinski definition) is 1. The maximum Gasteiger partial charge on any atom is 0.0627 e. The third-order valence-electron chi connectivity index (χ3n) is 4.40. The summed E-state index contributed by atoms with van der Waals surface area (Å²) < 4.78 is 8.14. The fourth-order valence-corrected chi connectivity index (χ4v) is 3.61. The first-order valence-electron chi connectivity index (χ1n) is 7.18. The van der Waals surface area contributed by atoms with Gasteiger partial charge in [0.25, 0.3) is 0 Å². The lowest BCUT2D eigenvalue weighted by molar-refractivity contribution is 0.0856. The first kappa shape index (κ1) is 12.2. The lowest BCUT2D eigenvalue weighted by Crippen LogP contribution is -2.33. The molecular weight excluding hydrogens is 226 g/mol. The summed E-state index contributed by atoms with van der Waals surface area (Å²) in [5.74, 6) is 0.612. The van der Waals surface area contributed by atoms with Gasteiger partial charge in [-0.3, -0.25) is 4.68 Å². The fourth-order valence-electron chi connectivity index (χ4n) is 3.61. The predicted molar refractivity (Wildman–Crippen MR) is 70.3 cm³/mol. The van der Waals surface area contributed by atoms with E-state index >= 15 is 0 Å². The standard InChI is InChI=1S/C14H23N3O/c1-3-8-17-12(6-7-16-17)14(15-2)11-9-10-4-5-13(11)18-10/h6-7,10-11,13-15H,3-5,8-9H2,1-2H3. The van der Waals surface area contributed by atoms with Crippen molar-refractivity contribution in [2.45, 2.75) is 57.4 Å². The van der Waals surface area contributed by atoms with E-state index in [0.717, 1.165) is 13.0 Å². The SMILES string of the molecule is CCCn1nccc1C(NC)C1CC2CCC1O2. The zero-order chi connectivity index (χ0) is 12.5. The zero-order valence-corrected chi connectivity index (χ0v) is 11.3. The maximum absolute atomic E-state index is 6.00. The second kappa shape index (κ2) is 5.02. The van der Waals surface area contributed by atoms with E-state index in [1.165, 1.54) is 25.0 Å². The van der Waals surface area contributed by atoms with E-state index in [9.17, 15) is 0 Å². The molecule has 1 aromatic rings. The van der Waals surface area contributed by atoms with Gasteiger partial charge in [0, 0.05) is 18.7 Å². The fraction of sp³-hybridized carbons (Fsp3) is 0.786. The Kier molecular flexibility index (Phi) is 3.39. The van der Waals surface area contributed by atoms with Crippen LogP contribution in [0.15, 0.2) is 12.3 Å². The van der Waals surface area contributed by atoms with Crippen LogP contribution >= 0.6 is 0 Å². The van der Waals surface area contributed by atoms with Gasteiger partial charge in [-0.1, -0.05) is 6.92 Å². The highest BCUT2D eigenvalue weighted by atomic mass is 16.5. The molecule has 0 spiro atoms. The van der Waals surface area contributed by atoms with Gasteiger partial charge in [-0.25, -0.2) is 0 Å². The van der Waals surface area contributed by atoms with Crippen molar-refractivity contribution in [3.8, 4) is 0 Å². The average Bonchev–Trinajstić information content (AvgIpc) is 3.07. The second-order valence-corrected chi connectivity index (χ2v) is 5.52. The summed E-state index contributed by atoms with van der Waals surface area (Å²) in [4.78, 5) is 0. The lowest BCUT2D eigenvalue weighted by Gasteiger charge is -2.28. The summed E-state index contributed by atoms with van der Waals surface area (Å²) in [6.07, 6.45) is 7.70. The van der Waals surface area contributed by atoms with Gasteiger partial charge in [0.15, 0.2) is 0 Å². The van der Waals surface area contributed by atoms with Gasteiger partial charge in [0.1, 0.15) is 0 Å². The van der Waals surface area contributed by atoms with Crippen LogP contribution < -0.4 is 5.32 Å². The summed E-state index contributed by atoms with van der Waals surface area (Å²) in [6.45, 7) is 3.20. The van der Waals surface area contributed by atoms with E-state index in [1.54, 1.807) is 0 Å². The molecule has 0 aromatic carbocycles. The molecule has 100 valence electrons. The van der Waals surface area contributed by atoms with Crippen molar-refractivity contribution in [2.75, 3.05) is 7.05 Å². The van der Waals surface area contributed by atoms with Crippen LogP contribution in [0, 0.1) is 5.92 Å². The van der Waals surface area contributed by atoms with Gasteiger partial charge in [0.05, 0.1) is 23.9 Å². The van der Waals surface area contributed by atoms with Gasteiger partial charge in [0.2, 0.25) is 0 Å². The number of nitrogens with zero attached hydrogens (tertiary/aromatic N) is 2. The maximum atomic E-state index is 6.00. The number of hydrogen-bond acceptors (Lipinski definition) is 3. The molecular formula is C14H23N3O. The molecule has 1 N–H and O–H groups in total. The van der Waals surface area contributed by atoms with Crippen molar-refractivity contribution >= 4 is 0 Å². The van der Waals surface area contributed by atoms with Crippen molar-refractivity contribution < 1.29 is 4.74 Å². The molecule has 4 nitrogen and oxygen atoms in total. The molecule has 2 bridgehead atoms. The highest BCUT2D eigenvalue weighted by molar-refractivity contribution is 5.11. The number of ether oxygens (including phenoxy) is 1. The number of aryl methyl sites for hydroxylation is 1. The molecule has 0 radical (unpaired) electrons. The van der Waals surface area contributed by atoms with Crippen molar-refractivity contribution in [2.24, 2.45) is 5.92 Å². The van der Waals surface area contributed by atoms with E-state index in [1.807, 2.05) is 6.20 Å². The Morgan fingerprint density at radius 2 is 2.44 bits per heavy atom. The van der Waals surface area contributed by atoms with Crippen LogP contribution in [-0.4, -0.2) is 29.0 Å². The minimum Gasteiger partial charge on any atom is -0.375 e. The van der Waals surface area contributed by atoms with E-state index in [-0.39, 0.29) is 0 Å². The Labute approximate surface area is 109 Å². The van der Waals surface area contributed by atoms with Crippen LogP contribution in [-0.2, 0) is 11.3 Å². The number of aromatic nitrogens is 2. The number of fused-ring (bicyclic) bond motifs is 2. The Bertz CT molecular complexity index is 403. The van der Waals surface area contributed by atoms with E-state index < -0.39 is 0 Å².